The predicted octanol–water partition coefficient (Wildman–Crippen LogP) is 0.781. The zero-order valence-electron chi connectivity index (χ0n) is 7.90. The molecular formula is C9H10N4S. The van der Waals surface area contributed by atoms with Crippen LogP contribution in [0.3, 0.4) is 0 Å². The highest BCUT2D eigenvalue weighted by atomic mass is 32.2. The maximum Gasteiger partial charge on any atom is 0.169 e. The third-order valence-corrected chi connectivity index (χ3v) is 3.20. The minimum atomic E-state index is 0.554. The zero-order chi connectivity index (χ0) is 9.97. The molecule has 1 aliphatic heterocycles. The van der Waals surface area contributed by atoms with Crippen LogP contribution in [-0.4, -0.2) is 22.4 Å². The molecule has 0 radical (unpaired) electrons. The van der Waals surface area contributed by atoms with Crippen molar-refractivity contribution in [1.29, 1.82) is 5.26 Å². The minimum absolute atomic E-state index is 0.554. The number of hydrogen-bond donors (Lipinski definition) is 0. The van der Waals surface area contributed by atoms with Crippen LogP contribution in [0.25, 0.3) is 0 Å². The monoisotopic (exact) mass is 206 g/mol. The van der Waals surface area contributed by atoms with Crippen molar-refractivity contribution in [3.63, 3.8) is 0 Å². The van der Waals surface area contributed by atoms with E-state index >= 15 is 0 Å². The molecule has 2 rings (SSSR count). The Morgan fingerprint density at radius 1 is 1.71 bits per heavy atom. The van der Waals surface area contributed by atoms with Gasteiger partial charge < -0.3 is 4.57 Å². The maximum atomic E-state index is 8.88. The standard InChI is InChI=1S/C9H10N4S/c1-11-8-7(5-10)6-12-9-13(8)3-2-4-14-9/h6H,2-4H2,1H3. The summed E-state index contributed by atoms with van der Waals surface area (Å²) in [5.41, 5.74) is 1.31. The van der Waals surface area contributed by atoms with Crippen LogP contribution < -0.4 is 5.49 Å². The fourth-order valence-electron chi connectivity index (χ4n) is 1.51. The van der Waals surface area contributed by atoms with Crippen LogP contribution in [-0.2, 0) is 6.54 Å². The predicted molar refractivity (Wildman–Crippen MR) is 53.8 cm³/mol. The molecule has 0 aliphatic carbocycles. The van der Waals surface area contributed by atoms with Crippen LogP contribution in [0, 0.1) is 11.3 Å². The number of aromatic nitrogens is 2. The zero-order valence-corrected chi connectivity index (χ0v) is 8.71. The van der Waals surface area contributed by atoms with E-state index in [4.69, 9.17) is 5.26 Å². The van der Waals surface area contributed by atoms with Gasteiger partial charge in [-0.2, -0.15) is 5.26 Å². The highest BCUT2D eigenvalue weighted by Crippen LogP contribution is 2.20. The fourth-order valence-corrected chi connectivity index (χ4v) is 2.42. The molecule has 1 aromatic rings. The Morgan fingerprint density at radius 3 is 3.29 bits per heavy atom. The highest BCUT2D eigenvalue weighted by Gasteiger charge is 2.12. The number of hydrogen-bond acceptors (Lipinski definition) is 4. The van der Waals surface area contributed by atoms with E-state index in [1.807, 2.05) is 4.57 Å². The molecular weight excluding hydrogens is 196 g/mol. The molecule has 0 saturated heterocycles. The summed E-state index contributed by atoms with van der Waals surface area (Å²) in [5.74, 6) is 1.10. The third kappa shape index (κ3) is 1.42. The van der Waals surface area contributed by atoms with E-state index in [9.17, 15) is 0 Å². The number of nitrogens with zero attached hydrogens (tertiary/aromatic N) is 4. The van der Waals surface area contributed by atoms with Gasteiger partial charge in [0.05, 0.1) is 6.20 Å². The summed E-state index contributed by atoms with van der Waals surface area (Å²) in [5, 5.41) is 9.85. The normalized spacial score (nSPS) is 16.1. The molecule has 0 aromatic carbocycles. The molecule has 1 aromatic heterocycles. The van der Waals surface area contributed by atoms with Crippen molar-refractivity contribution in [3.05, 3.63) is 17.2 Å². The van der Waals surface area contributed by atoms with Gasteiger partial charge in [-0.3, -0.25) is 4.99 Å². The Kier molecular flexibility index (Phi) is 2.55. The third-order valence-electron chi connectivity index (χ3n) is 2.12. The summed E-state index contributed by atoms with van der Waals surface area (Å²) in [4.78, 5) is 8.38. The van der Waals surface area contributed by atoms with Gasteiger partial charge in [-0.05, 0) is 6.42 Å². The molecule has 72 valence electrons. The van der Waals surface area contributed by atoms with Crippen LogP contribution in [0.2, 0.25) is 0 Å². The first-order valence-electron chi connectivity index (χ1n) is 4.42. The Balaban J connectivity index is 2.70. The molecule has 0 bridgehead atoms. The molecule has 4 nitrogen and oxygen atoms in total. The lowest BCUT2D eigenvalue weighted by atomic mass is 10.3. The van der Waals surface area contributed by atoms with Gasteiger partial charge >= 0.3 is 0 Å². The number of rotatable bonds is 0. The lowest BCUT2D eigenvalue weighted by Crippen LogP contribution is -2.28. The first kappa shape index (κ1) is 9.28. The molecule has 0 fully saturated rings. The molecule has 1 aliphatic rings. The van der Waals surface area contributed by atoms with Crippen molar-refractivity contribution >= 4 is 11.8 Å². The smallest absolute Gasteiger partial charge is 0.169 e. The lowest BCUT2D eigenvalue weighted by molar-refractivity contribution is 0.551. The second-order valence-electron chi connectivity index (χ2n) is 2.97. The molecule has 0 spiro atoms. The second kappa shape index (κ2) is 3.84. The van der Waals surface area contributed by atoms with Crippen molar-refractivity contribution in [2.75, 3.05) is 12.8 Å². The second-order valence-corrected chi connectivity index (χ2v) is 4.03. The largest absolute Gasteiger partial charge is 0.305 e. The summed E-state index contributed by atoms with van der Waals surface area (Å²) in [6.07, 6.45) is 2.72. The molecule has 0 amide bonds. The van der Waals surface area contributed by atoms with E-state index in [0.717, 1.165) is 29.4 Å². The summed E-state index contributed by atoms with van der Waals surface area (Å²) < 4.78 is 2.02. The Bertz CT molecular complexity index is 455. The quantitative estimate of drug-likeness (QED) is 0.589. The van der Waals surface area contributed by atoms with Gasteiger partial charge in [-0.15, -0.1) is 0 Å². The van der Waals surface area contributed by atoms with Crippen LogP contribution in [0.5, 0.6) is 0 Å². The van der Waals surface area contributed by atoms with E-state index in [1.54, 1.807) is 25.0 Å². The summed E-state index contributed by atoms with van der Waals surface area (Å²) in [6.45, 7) is 0.914. The minimum Gasteiger partial charge on any atom is -0.305 e. The lowest BCUT2D eigenvalue weighted by Gasteiger charge is -2.17. The summed E-state index contributed by atoms with van der Waals surface area (Å²) in [6, 6.07) is 2.11. The molecule has 14 heavy (non-hydrogen) atoms. The van der Waals surface area contributed by atoms with Crippen molar-refractivity contribution in [2.24, 2.45) is 4.99 Å². The van der Waals surface area contributed by atoms with Crippen LogP contribution in [0.15, 0.2) is 16.3 Å². The molecule has 5 heteroatoms. The van der Waals surface area contributed by atoms with Crippen LogP contribution in [0.1, 0.15) is 12.0 Å². The molecule has 0 N–H and O–H groups in total. The van der Waals surface area contributed by atoms with Gasteiger partial charge in [-0.25, -0.2) is 4.98 Å². The van der Waals surface area contributed by atoms with Crippen molar-refractivity contribution in [1.82, 2.24) is 9.55 Å². The molecule has 0 saturated carbocycles. The summed E-state index contributed by atoms with van der Waals surface area (Å²) in [7, 11) is 1.71. The van der Waals surface area contributed by atoms with Crippen molar-refractivity contribution in [3.8, 4) is 6.07 Å². The van der Waals surface area contributed by atoms with E-state index in [0.29, 0.717) is 5.56 Å². The Labute approximate surface area is 86.3 Å². The van der Waals surface area contributed by atoms with Gasteiger partial charge in [0, 0.05) is 19.3 Å². The average Bonchev–Trinajstić information content (AvgIpc) is 2.27. The topological polar surface area (TPSA) is 54.0 Å². The van der Waals surface area contributed by atoms with Gasteiger partial charge in [0.2, 0.25) is 0 Å². The van der Waals surface area contributed by atoms with Gasteiger partial charge in [0.15, 0.2) is 5.16 Å². The van der Waals surface area contributed by atoms with E-state index in [-0.39, 0.29) is 0 Å². The molecule has 0 unspecified atom stereocenters. The maximum absolute atomic E-state index is 8.88. The van der Waals surface area contributed by atoms with E-state index in [2.05, 4.69) is 16.0 Å². The average molecular weight is 206 g/mol. The number of fused-ring (bicyclic) bond motifs is 1. The van der Waals surface area contributed by atoms with E-state index in [1.165, 1.54) is 0 Å². The van der Waals surface area contributed by atoms with Gasteiger partial charge in [0.25, 0.3) is 0 Å². The van der Waals surface area contributed by atoms with Gasteiger partial charge in [0.1, 0.15) is 17.1 Å². The van der Waals surface area contributed by atoms with Gasteiger partial charge in [-0.1, -0.05) is 11.8 Å². The van der Waals surface area contributed by atoms with E-state index < -0.39 is 0 Å². The Hall–Kier alpha value is -1.28. The summed E-state index contributed by atoms with van der Waals surface area (Å²) >= 11 is 1.72. The van der Waals surface area contributed by atoms with Crippen molar-refractivity contribution in [2.45, 2.75) is 18.1 Å². The van der Waals surface area contributed by atoms with Crippen LogP contribution >= 0.6 is 11.8 Å². The Morgan fingerprint density at radius 2 is 2.57 bits per heavy atom. The fraction of sp³-hybridized carbons (Fsp3) is 0.444. The highest BCUT2D eigenvalue weighted by molar-refractivity contribution is 7.99. The molecule has 2 heterocycles. The first-order valence-corrected chi connectivity index (χ1v) is 5.41. The first-order chi connectivity index (χ1) is 6.86. The molecule has 0 atom stereocenters. The van der Waals surface area contributed by atoms with Crippen LogP contribution in [0.4, 0.5) is 0 Å². The van der Waals surface area contributed by atoms with Crippen molar-refractivity contribution < 1.29 is 0 Å². The SMILES string of the molecule is CN=c1c(C#N)cnc2n1CCCS2. The number of thioether (sulfide) groups is 1. The number of nitriles is 1.